The SMILES string of the molecule is C=S(=O)(ON=C(Sc1ccc(C)cc1)C(=O)OC)c1ccccc1. The second-order valence-corrected chi connectivity index (χ2v) is 7.72. The van der Waals surface area contributed by atoms with Crippen molar-refractivity contribution in [1.29, 1.82) is 0 Å². The van der Waals surface area contributed by atoms with Crippen LogP contribution in [0.3, 0.4) is 0 Å². The smallest absolute Gasteiger partial charge is 0.367 e. The molecule has 0 saturated heterocycles. The number of carbonyl (C=O) groups excluding carboxylic acids is 1. The minimum Gasteiger partial charge on any atom is -0.464 e. The molecule has 2 rings (SSSR count). The number of carbonyl (C=O) groups is 1. The molecule has 0 aliphatic carbocycles. The molecule has 7 heteroatoms. The van der Waals surface area contributed by atoms with Gasteiger partial charge in [0.05, 0.1) is 12.0 Å². The Morgan fingerprint density at radius 3 is 2.33 bits per heavy atom. The van der Waals surface area contributed by atoms with Crippen molar-refractivity contribution in [1.82, 2.24) is 0 Å². The number of hydrogen-bond donors (Lipinski definition) is 0. The van der Waals surface area contributed by atoms with E-state index in [9.17, 15) is 9.00 Å². The number of thioether (sulfide) groups is 1. The average molecular weight is 363 g/mol. The van der Waals surface area contributed by atoms with Crippen LogP contribution in [0.2, 0.25) is 0 Å². The quantitative estimate of drug-likeness (QED) is 0.208. The molecule has 0 bridgehead atoms. The van der Waals surface area contributed by atoms with Crippen molar-refractivity contribution in [3.05, 3.63) is 60.2 Å². The van der Waals surface area contributed by atoms with E-state index in [1.807, 2.05) is 31.2 Å². The third-order valence-electron chi connectivity index (χ3n) is 2.94. The standard InChI is InChI=1S/C17H17NO4S2/c1-13-9-11-14(12-10-13)23-16(17(19)21-2)18-22-24(3,20)15-7-5-4-6-8-15/h4-12H,3H2,1-2H3. The molecule has 0 saturated carbocycles. The zero-order chi connectivity index (χ0) is 17.6. The van der Waals surface area contributed by atoms with E-state index in [1.165, 1.54) is 7.11 Å². The van der Waals surface area contributed by atoms with Gasteiger partial charge in [0, 0.05) is 4.90 Å². The van der Waals surface area contributed by atoms with Gasteiger partial charge in [-0.05, 0) is 37.1 Å². The number of oxime groups is 1. The van der Waals surface area contributed by atoms with Gasteiger partial charge in [0.2, 0.25) is 5.04 Å². The summed E-state index contributed by atoms with van der Waals surface area (Å²) >= 11 is 1.06. The molecule has 0 radical (unpaired) electrons. The van der Waals surface area contributed by atoms with E-state index in [2.05, 4.69) is 11.0 Å². The van der Waals surface area contributed by atoms with Gasteiger partial charge in [-0.2, -0.15) is 0 Å². The molecular formula is C17H17NO4S2. The molecule has 0 amide bonds. The van der Waals surface area contributed by atoms with Gasteiger partial charge in [-0.15, -0.1) is 0 Å². The van der Waals surface area contributed by atoms with Gasteiger partial charge in [-0.1, -0.05) is 52.8 Å². The summed E-state index contributed by atoms with van der Waals surface area (Å²) in [6.07, 6.45) is 0. The van der Waals surface area contributed by atoms with Gasteiger partial charge in [0.15, 0.2) is 9.80 Å². The van der Waals surface area contributed by atoms with Gasteiger partial charge < -0.3 is 4.74 Å². The maximum absolute atomic E-state index is 12.5. The van der Waals surface area contributed by atoms with Crippen LogP contribution in [0.15, 0.2) is 69.5 Å². The average Bonchev–Trinajstić information content (AvgIpc) is 2.60. The van der Waals surface area contributed by atoms with Gasteiger partial charge >= 0.3 is 5.97 Å². The molecule has 0 heterocycles. The molecule has 2 aromatic rings. The molecule has 2 aromatic carbocycles. The number of esters is 1. The molecule has 0 N–H and O–H groups in total. The Kier molecular flexibility index (Phi) is 6.05. The normalized spacial score (nSPS) is 13.8. The Bertz CT molecular complexity index is 829. The van der Waals surface area contributed by atoms with Crippen LogP contribution < -0.4 is 0 Å². The molecule has 0 fully saturated rings. The highest BCUT2D eigenvalue weighted by Gasteiger charge is 2.17. The third kappa shape index (κ3) is 4.87. The molecule has 1 unspecified atom stereocenters. The van der Waals surface area contributed by atoms with E-state index in [0.29, 0.717) is 4.90 Å². The number of benzene rings is 2. The molecule has 1 atom stereocenters. The Labute approximate surface area is 145 Å². The number of methoxy groups -OCH3 is 1. The number of aryl methyl sites for hydroxylation is 1. The van der Waals surface area contributed by atoms with Crippen LogP contribution in [0.25, 0.3) is 0 Å². The van der Waals surface area contributed by atoms with Gasteiger partial charge in [0.1, 0.15) is 0 Å². The van der Waals surface area contributed by atoms with Crippen molar-refractivity contribution < 1.29 is 18.0 Å². The molecule has 0 aliphatic heterocycles. The van der Waals surface area contributed by atoms with Crippen molar-refractivity contribution in [3.8, 4) is 0 Å². The van der Waals surface area contributed by atoms with E-state index < -0.39 is 15.8 Å². The number of nitrogens with zero attached hydrogens (tertiary/aromatic N) is 1. The minimum absolute atomic E-state index is 0.0614. The second kappa shape index (κ2) is 8.03. The molecule has 24 heavy (non-hydrogen) atoms. The maximum atomic E-state index is 12.5. The Balaban J connectivity index is 2.23. The monoisotopic (exact) mass is 363 g/mol. The largest absolute Gasteiger partial charge is 0.464 e. The number of rotatable bonds is 4. The maximum Gasteiger partial charge on any atom is 0.367 e. The summed E-state index contributed by atoms with van der Waals surface area (Å²) in [4.78, 5) is 13.0. The van der Waals surface area contributed by atoms with E-state index in [1.54, 1.807) is 30.3 Å². The lowest BCUT2D eigenvalue weighted by Gasteiger charge is -2.08. The lowest BCUT2D eigenvalue weighted by molar-refractivity contribution is -0.132. The van der Waals surface area contributed by atoms with Crippen LogP contribution >= 0.6 is 11.8 Å². The molecule has 126 valence electrons. The highest BCUT2D eigenvalue weighted by molar-refractivity contribution is 8.15. The lowest BCUT2D eigenvalue weighted by Crippen LogP contribution is -2.14. The summed E-state index contributed by atoms with van der Waals surface area (Å²) < 4.78 is 22.3. The van der Waals surface area contributed by atoms with E-state index in [4.69, 9.17) is 9.02 Å². The van der Waals surface area contributed by atoms with Crippen LogP contribution in [0.4, 0.5) is 0 Å². The molecule has 0 aromatic heterocycles. The predicted octanol–water partition coefficient (Wildman–Crippen LogP) is 3.28. The molecule has 0 aliphatic rings. The van der Waals surface area contributed by atoms with Crippen LogP contribution in [-0.4, -0.2) is 28.2 Å². The van der Waals surface area contributed by atoms with Crippen molar-refractivity contribution >= 4 is 38.4 Å². The molecule has 0 spiro atoms. The first kappa shape index (κ1) is 18.1. The van der Waals surface area contributed by atoms with Crippen molar-refractivity contribution in [2.45, 2.75) is 16.7 Å². The highest BCUT2D eigenvalue weighted by atomic mass is 32.2. The van der Waals surface area contributed by atoms with Crippen LogP contribution in [0, 0.1) is 6.92 Å². The van der Waals surface area contributed by atoms with Gasteiger partial charge in [-0.25, -0.2) is 9.00 Å². The second-order valence-electron chi connectivity index (χ2n) is 4.81. The third-order valence-corrected chi connectivity index (χ3v) is 5.19. The van der Waals surface area contributed by atoms with Gasteiger partial charge in [-0.3, -0.25) is 4.28 Å². The summed E-state index contributed by atoms with van der Waals surface area (Å²) in [5.74, 6) is 2.88. The van der Waals surface area contributed by atoms with Crippen molar-refractivity contribution in [2.75, 3.05) is 7.11 Å². The van der Waals surface area contributed by atoms with Crippen LogP contribution in [-0.2, 0) is 23.6 Å². The summed E-state index contributed by atoms with van der Waals surface area (Å²) in [6.45, 7) is 1.96. The van der Waals surface area contributed by atoms with E-state index in [0.717, 1.165) is 22.2 Å². The Morgan fingerprint density at radius 1 is 1.12 bits per heavy atom. The van der Waals surface area contributed by atoms with Crippen molar-refractivity contribution in [3.63, 3.8) is 0 Å². The predicted molar refractivity (Wildman–Crippen MR) is 97.5 cm³/mol. The van der Waals surface area contributed by atoms with Crippen LogP contribution in [0.5, 0.6) is 0 Å². The van der Waals surface area contributed by atoms with E-state index >= 15 is 0 Å². The molecular weight excluding hydrogens is 346 g/mol. The summed E-state index contributed by atoms with van der Waals surface area (Å²) in [5.41, 5.74) is 1.09. The first-order valence-corrected chi connectivity index (χ1v) is 9.41. The fourth-order valence-electron chi connectivity index (χ4n) is 1.67. The minimum atomic E-state index is -3.10. The fourth-order valence-corrected chi connectivity index (χ4v) is 3.30. The first-order valence-electron chi connectivity index (χ1n) is 6.94. The summed E-state index contributed by atoms with van der Waals surface area (Å²) in [7, 11) is -1.86. The summed E-state index contributed by atoms with van der Waals surface area (Å²) in [6, 6.07) is 16.0. The zero-order valence-corrected chi connectivity index (χ0v) is 14.9. The van der Waals surface area contributed by atoms with Gasteiger partial charge in [0.25, 0.3) is 0 Å². The first-order chi connectivity index (χ1) is 11.4. The van der Waals surface area contributed by atoms with Crippen LogP contribution in [0.1, 0.15) is 5.56 Å². The zero-order valence-electron chi connectivity index (χ0n) is 13.3. The summed E-state index contributed by atoms with van der Waals surface area (Å²) in [5, 5.41) is 3.67. The highest BCUT2D eigenvalue weighted by Crippen LogP contribution is 2.22. The lowest BCUT2D eigenvalue weighted by atomic mass is 10.2. The topological polar surface area (TPSA) is 65.0 Å². The van der Waals surface area contributed by atoms with E-state index in [-0.39, 0.29) is 5.04 Å². The van der Waals surface area contributed by atoms with Crippen molar-refractivity contribution in [2.24, 2.45) is 5.16 Å². The fraction of sp³-hybridized carbons (Fsp3) is 0.118. The number of ether oxygens (including phenoxy) is 1. The Morgan fingerprint density at radius 2 is 1.75 bits per heavy atom. The number of hydrogen-bond acceptors (Lipinski definition) is 6. The molecule has 5 nitrogen and oxygen atoms in total. The Hall–Kier alpha value is -2.25.